The summed E-state index contributed by atoms with van der Waals surface area (Å²) in [5, 5.41) is 0. The van der Waals surface area contributed by atoms with Crippen LogP contribution in [0.4, 0.5) is 0 Å². The highest BCUT2D eigenvalue weighted by Gasteiger charge is 2.09. The van der Waals surface area contributed by atoms with Crippen molar-refractivity contribution in [1.29, 1.82) is 0 Å². The Labute approximate surface area is 103 Å². The molecule has 1 rings (SSSR count). The first-order valence-corrected chi connectivity index (χ1v) is 5.94. The summed E-state index contributed by atoms with van der Waals surface area (Å²) in [7, 11) is 0. The Kier molecular flexibility index (Phi) is 5.01. The van der Waals surface area contributed by atoms with Crippen molar-refractivity contribution in [1.82, 2.24) is 0 Å². The molecule has 1 aromatic rings. The van der Waals surface area contributed by atoms with Gasteiger partial charge in [-0.3, -0.25) is 4.79 Å². The molecular formula is C14H20O3. The van der Waals surface area contributed by atoms with Gasteiger partial charge in [-0.2, -0.15) is 0 Å². The second kappa shape index (κ2) is 6.28. The van der Waals surface area contributed by atoms with Crippen molar-refractivity contribution in [2.24, 2.45) is 0 Å². The van der Waals surface area contributed by atoms with Crippen molar-refractivity contribution in [3.05, 3.63) is 29.3 Å². The molecule has 0 unspecified atom stereocenters. The van der Waals surface area contributed by atoms with E-state index in [1.165, 1.54) is 0 Å². The molecule has 0 spiro atoms. The Morgan fingerprint density at radius 2 is 2.06 bits per heavy atom. The summed E-state index contributed by atoms with van der Waals surface area (Å²) in [5.41, 5.74) is 2.04. The van der Waals surface area contributed by atoms with E-state index in [9.17, 15) is 4.79 Å². The quantitative estimate of drug-likeness (QED) is 0.737. The zero-order valence-electron chi connectivity index (χ0n) is 10.9. The largest absolute Gasteiger partial charge is 0.494 e. The summed E-state index contributed by atoms with van der Waals surface area (Å²) >= 11 is 0. The number of ether oxygens (including phenoxy) is 2. The lowest BCUT2D eigenvalue weighted by molar-refractivity contribution is -0.146. The highest BCUT2D eigenvalue weighted by atomic mass is 16.5. The molecule has 0 aliphatic rings. The van der Waals surface area contributed by atoms with Crippen LogP contribution >= 0.6 is 0 Å². The van der Waals surface area contributed by atoms with Crippen LogP contribution in [0.3, 0.4) is 0 Å². The zero-order chi connectivity index (χ0) is 12.8. The van der Waals surface area contributed by atoms with E-state index in [2.05, 4.69) is 0 Å². The van der Waals surface area contributed by atoms with Crippen LogP contribution in [0.5, 0.6) is 5.75 Å². The summed E-state index contributed by atoms with van der Waals surface area (Å²) in [4.78, 5) is 11.5. The molecule has 0 fully saturated rings. The van der Waals surface area contributed by atoms with Gasteiger partial charge in [-0.15, -0.1) is 0 Å². The molecule has 0 aliphatic carbocycles. The number of esters is 1. The minimum absolute atomic E-state index is 0.0643. The van der Waals surface area contributed by atoms with E-state index in [-0.39, 0.29) is 12.1 Å². The summed E-state index contributed by atoms with van der Waals surface area (Å²) in [6.07, 6.45) is 0.252. The van der Waals surface area contributed by atoms with E-state index in [1.807, 2.05) is 45.9 Å². The number of benzene rings is 1. The second-order valence-electron chi connectivity index (χ2n) is 4.24. The van der Waals surface area contributed by atoms with Crippen LogP contribution < -0.4 is 4.74 Å². The predicted molar refractivity (Wildman–Crippen MR) is 67.3 cm³/mol. The molecule has 0 saturated heterocycles. The maximum atomic E-state index is 11.5. The van der Waals surface area contributed by atoms with Gasteiger partial charge in [0.15, 0.2) is 0 Å². The van der Waals surface area contributed by atoms with Gasteiger partial charge >= 0.3 is 5.97 Å². The van der Waals surface area contributed by atoms with Crippen molar-refractivity contribution in [3.63, 3.8) is 0 Å². The number of carbonyl (C=O) groups excluding carboxylic acids is 1. The van der Waals surface area contributed by atoms with E-state index in [0.29, 0.717) is 13.0 Å². The molecule has 0 atom stereocenters. The fourth-order valence-electron chi connectivity index (χ4n) is 1.58. The minimum Gasteiger partial charge on any atom is -0.494 e. The molecule has 0 bridgehead atoms. The lowest BCUT2D eigenvalue weighted by Gasteiger charge is -2.10. The highest BCUT2D eigenvalue weighted by Crippen LogP contribution is 2.18. The van der Waals surface area contributed by atoms with Crippen LogP contribution in [-0.2, 0) is 16.0 Å². The highest BCUT2D eigenvalue weighted by molar-refractivity contribution is 5.73. The third-order valence-electron chi connectivity index (χ3n) is 2.33. The van der Waals surface area contributed by atoms with Gasteiger partial charge in [-0.05, 0) is 51.0 Å². The second-order valence-corrected chi connectivity index (χ2v) is 4.24. The molecule has 0 saturated carbocycles. The average molecular weight is 236 g/mol. The number of rotatable bonds is 5. The van der Waals surface area contributed by atoms with Gasteiger partial charge in [-0.1, -0.05) is 6.07 Å². The third-order valence-corrected chi connectivity index (χ3v) is 2.33. The molecule has 1 aromatic carbocycles. The lowest BCUT2D eigenvalue weighted by Crippen LogP contribution is -2.14. The van der Waals surface area contributed by atoms with Gasteiger partial charge in [0, 0.05) is 0 Å². The molecule has 0 aliphatic heterocycles. The van der Waals surface area contributed by atoms with Gasteiger partial charge in [0.2, 0.25) is 0 Å². The van der Waals surface area contributed by atoms with Gasteiger partial charge in [0.05, 0.1) is 19.1 Å². The Morgan fingerprint density at radius 3 is 2.59 bits per heavy atom. The molecule has 0 amide bonds. The molecule has 0 N–H and O–H groups in total. The van der Waals surface area contributed by atoms with Crippen molar-refractivity contribution in [2.75, 3.05) is 6.61 Å². The first-order valence-electron chi connectivity index (χ1n) is 5.94. The normalized spacial score (nSPS) is 10.4. The molecule has 0 aromatic heterocycles. The van der Waals surface area contributed by atoms with E-state index < -0.39 is 0 Å². The average Bonchev–Trinajstić information content (AvgIpc) is 2.21. The van der Waals surface area contributed by atoms with Crippen molar-refractivity contribution in [2.45, 2.75) is 40.2 Å². The third kappa shape index (κ3) is 4.47. The number of hydrogen-bond acceptors (Lipinski definition) is 3. The van der Waals surface area contributed by atoms with Crippen molar-refractivity contribution >= 4 is 5.97 Å². The number of aryl methyl sites for hydroxylation is 1. The van der Waals surface area contributed by atoms with E-state index in [0.717, 1.165) is 16.9 Å². The van der Waals surface area contributed by atoms with E-state index >= 15 is 0 Å². The van der Waals surface area contributed by atoms with E-state index in [4.69, 9.17) is 9.47 Å². The van der Waals surface area contributed by atoms with Gasteiger partial charge in [0.25, 0.3) is 0 Å². The van der Waals surface area contributed by atoms with Crippen LogP contribution in [0.2, 0.25) is 0 Å². The molecule has 0 radical (unpaired) electrons. The van der Waals surface area contributed by atoms with Crippen LogP contribution in [0.15, 0.2) is 18.2 Å². The van der Waals surface area contributed by atoms with Crippen molar-refractivity contribution in [3.8, 4) is 5.75 Å². The maximum Gasteiger partial charge on any atom is 0.310 e. The van der Waals surface area contributed by atoms with Gasteiger partial charge < -0.3 is 9.47 Å². The molecule has 0 heterocycles. The summed E-state index contributed by atoms with van der Waals surface area (Å²) in [6.45, 7) is 8.27. The topological polar surface area (TPSA) is 35.5 Å². The van der Waals surface area contributed by atoms with Crippen molar-refractivity contribution < 1.29 is 14.3 Å². The Hall–Kier alpha value is -1.51. The Bertz CT molecular complexity index is 383. The molecule has 17 heavy (non-hydrogen) atoms. The fraction of sp³-hybridized carbons (Fsp3) is 0.500. The number of carbonyl (C=O) groups is 1. The fourth-order valence-corrected chi connectivity index (χ4v) is 1.58. The first-order chi connectivity index (χ1) is 8.02. The monoisotopic (exact) mass is 236 g/mol. The Morgan fingerprint density at radius 1 is 1.35 bits per heavy atom. The predicted octanol–water partition coefficient (Wildman–Crippen LogP) is 2.89. The SMILES string of the molecule is CCOc1ccc(CC(=O)OC(C)C)c(C)c1. The molecule has 3 heteroatoms. The summed E-state index contributed by atoms with van der Waals surface area (Å²) < 4.78 is 10.5. The molecule has 94 valence electrons. The lowest BCUT2D eigenvalue weighted by atomic mass is 10.1. The van der Waals surface area contributed by atoms with Gasteiger partial charge in [-0.25, -0.2) is 0 Å². The molecule has 3 nitrogen and oxygen atoms in total. The number of hydrogen-bond donors (Lipinski definition) is 0. The standard InChI is InChI=1S/C14H20O3/c1-5-16-13-7-6-12(11(4)8-13)9-14(15)17-10(2)3/h6-8,10H,5,9H2,1-4H3. The van der Waals surface area contributed by atoms with Crippen LogP contribution in [0, 0.1) is 6.92 Å². The first kappa shape index (κ1) is 13.6. The zero-order valence-corrected chi connectivity index (χ0v) is 10.9. The summed E-state index contributed by atoms with van der Waals surface area (Å²) in [6, 6.07) is 5.75. The van der Waals surface area contributed by atoms with Crippen LogP contribution in [-0.4, -0.2) is 18.7 Å². The summed E-state index contributed by atoms with van der Waals surface area (Å²) in [5.74, 6) is 0.651. The van der Waals surface area contributed by atoms with Crippen LogP contribution in [0.25, 0.3) is 0 Å². The molecular weight excluding hydrogens is 216 g/mol. The minimum atomic E-state index is -0.188. The van der Waals surface area contributed by atoms with E-state index in [1.54, 1.807) is 0 Å². The van der Waals surface area contributed by atoms with Gasteiger partial charge in [0.1, 0.15) is 5.75 Å². The van der Waals surface area contributed by atoms with Crippen LogP contribution in [0.1, 0.15) is 31.9 Å². The Balaban J connectivity index is 2.69. The smallest absolute Gasteiger partial charge is 0.310 e. The maximum absolute atomic E-state index is 11.5.